The fourth-order valence-electron chi connectivity index (χ4n) is 4.66. The van der Waals surface area contributed by atoms with Gasteiger partial charge in [0.05, 0.1) is 22.7 Å². The number of likely N-dealkylation sites (tertiary alicyclic amines) is 1. The monoisotopic (exact) mass is 492 g/mol. The third-order valence-electron chi connectivity index (χ3n) is 6.49. The molecule has 9 nitrogen and oxygen atoms in total. The number of piperidine rings is 1. The van der Waals surface area contributed by atoms with Gasteiger partial charge in [-0.2, -0.15) is 0 Å². The molecule has 2 aliphatic heterocycles. The Morgan fingerprint density at radius 3 is 2.56 bits per heavy atom. The molecule has 0 radical (unpaired) electrons. The van der Waals surface area contributed by atoms with Crippen LogP contribution in [0.25, 0.3) is 22.4 Å². The molecule has 2 aromatic heterocycles. The van der Waals surface area contributed by atoms with E-state index in [2.05, 4.69) is 14.9 Å². The number of carbonyl (C=O) groups excluding carboxylic acids is 1. The first-order valence-corrected chi connectivity index (χ1v) is 12.6. The number of rotatable bonds is 4. The molecule has 0 N–H and O–H groups in total. The van der Waals surface area contributed by atoms with E-state index < -0.39 is 11.2 Å². The molecule has 2 aliphatic rings. The summed E-state index contributed by atoms with van der Waals surface area (Å²) in [5, 5.41) is 0.388. The van der Waals surface area contributed by atoms with E-state index in [0.29, 0.717) is 48.1 Å². The number of hydrogen-bond acceptors (Lipinski definition) is 8. The molecule has 190 valence electrons. The zero-order valence-electron chi connectivity index (χ0n) is 21.0. The molecule has 4 heterocycles. The van der Waals surface area contributed by atoms with E-state index in [1.165, 1.54) is 0 Å². The molecule has 0 atom stereocenters. The van der Waals surface area contributed by atoms with Crippen molar-refractivity contribution in [2.75, 3.05) is 31.1 Å². The van der Waals surface area contributed by atoms with E-state index in [4.69, 9.17) is 13.9 Å². The van der Waals surface area contributed by atoms with Gasteiger partial charge in [-0.25, -0.2) is 14.6 Å². The summed E-state index contributed by atoms with van der Waals surface area (Å²) in [5.41, 5.74) is 1.18. The van der Waals surface area contributed by atoms with E-state index in [-0.39, 0.29) is 18.1 Å². The van der Waals surface area contributed by atoms with Crippen LogP contribution in [0, 0.1) is 0 Å². The number of anilines is 1. The van der Waals surface area contributed by atoms with Crippen LogP contribution in [0.5, 0.6) is 5.75 Å². The van der Waals surface area contributed by atoms with E-state index in [1.54, 1.807) is 23.4 Å². The predicted octanol–water partition coefficient (Wildman–Crippen LogP) is 4.63. The van der Waals surface area contributed by atoms with Crippen molar-refractivity contribution in [3.63, 3.8) is 0 Å². The molecule has 36 heavy (non-hydrogen) atoms. The molecule has 0 aliphatic carbocycles. The maximum Gasteiger partial charge on any atom is 0.410 e. The fraction of sp³-hybridized carbons (Fsp3) is 0.481. The minimum atomic E-state index is -0.526. The van der Waals surface area contributed by atoms with Crippen LogP contribution in [-0.4, -0.2) is 58.8 Å². The van der Waals surface area contributed by atoms with Crippen molar-refractivity contribution in [2.24, 2.45) is 0 Å². The Hall–Kier alpha value is -3.62. The lowest BCUT2D eigenvalue weighted by atomic mass is 10.1. The van der Waals surface area contributed by atoms with Gasteiger partial charge in [-0.05, 0) is 51.8 Å². The van der Waals surface area contributed by atoms with Gasteiger partial charge in [0.1, 0.15) is 17.5 Å². The van der Waals surface area contributed by atoms with Gasteiger partial charge < -0.3 is 23.7 Å². The third-order valence-corrected chi connectivity index (χ3v) is 6.49. The number of aromatic nitrogens is 2. The number of pyridine rings is 1. The Bertz CT molecular complexity index is 1300. The van der Waals surface area contributed by atoms with Gasteiger partial charge >= 0.3 is 11.7 Å². The average molecular weight is 493 g/mol. The topological polar surface area (TPSA) is 98.0 Å². The summed E-state index contributed by atoms with van der Waals surface area (Å²) in [6.07, 6.45) is 6.38. The van der Waals surface area contributed by atoms with Gasteiger partial charge in [0.25, 0.3) is 0 Å². The summed E-state index contributed by atoms with van der Waals surface area (Å²) < 4.78 is 17.6. The summed E-state index contributed by atoms with van der Waals surface area (Å²) in [4.78, 5) is 37.8. The number of hydrogen-bond donors (Lipinski definition) is 0. The Balaban J connectivity index is 1.41. The highest BCUT2D eigenvalue weighted by Gasteiger charge is 2.29. The van der Waals surface area contributed by atoms with E-state index in [1.807, 2.05) is 39.0 Å². The van der Waals surface area contributed by atoms with Crippen LogP contribution in [-0.2, 0) is 4.74 Å². The van der Waals surface area contributed by atoms with Crippen LogP contribution in [0.2, 0.25) is 0 Å². The lowest BCUT2D eigenvalue weighted by Gasteiger charge is -2.34. The number of fused-ring (bicyclic) bond motifs is 1. The number of amides is 1. The van der Waals surface area contributed by atoms with Gasteiger partial charge in [0, 0.05) is 57.0 Å². The van der Waals surface area contributed by atoms with Gasteiger partial charge in [0.15, 0.2) is 0 Å². The second-order valence-electron chi connectivity index (χ2n) is 10.4. The van der Waals surface area contributed by atoms with Gasteiger partial charge in [-0.1, -0.05) is 0 Å². The van der Waals surface area contributed by atoms with Gasteiger partial charge in [-0.15, -0.1) is 0 Å². The molecule has 2 fully saturated rings. The van der Waals surface area contributed by atoms with Crippen LogP contribution in [0.4, 0.5) is 10.5 Å². The quantitative estimate of drug-likeness (QED) is 0.520. The smallest absolute Gasteiger partial charge is 0.410 e. The van der Waals surface area contributed by atoms with Crippen LogP contribution in [0.1, 0.15) is 46.5 Å². The summed E-state index contributed by atoms with van der Waals surface area (Å²) in [6, 6.07) is 7.54. The minimum Gasteiger partial charge on any atom is -0.489 e. The van der Waals surface area contributed by atoms with Crippen molar-refractivity contribution in [2.45, 2.75) is 58.2 Å². The minimum absolute atomic E-state index is 0.0925. The molecule has 5 rings (SSSR count). The van der Waals surface area contributed by atoms with E-state index in [0.717, 1.165) is 31.6 Å². The molecule has 2 saturated heterocycles. The molecule has 0 saturated carbocycles. The molecule has 1 aromatic carbocycles. The maximum atomic E-state index is 12.6. The van der Waals surface area contributed by atoms with Crippen molar-refractivity contribution in [1.29, 1.82) is 0 Å². The Kier molecular flexibility index (Phi) is 6.55. The van der Waals surface area contributed by atoms with Crippen molar-refractivity contribution >= 4 is 22.7 Å². The molecule has 0 spiro atoms. The lowest BCUT2D eigenvalue weighted by Crippen LogP contribution is -2.44. The lowest BCUT2D eigenvalue weighted by molar-refractivity contribution is 0.0127. The zero-order valence-corrected chi connectivity index (χ0v) is 21.0. The van der Waals surface area contributed by atoms with Crippen molar-refractivity contribution in [3.05, 3.63) is 47.1 Å². The first kappa shape index (κ1) is 24.1. The van der Waals surface area contributed by atoms with Crippen molar-refractivity contribution in [1.82, 2.24) is 14.9 Å². The van der Waals surface area contributed by atoms with E-state index in [9.17, 15) is 9.59 Å². The summed E-state index contributed by atoms with van der Waals surface area (Å²) in [5.74, 6) is 0.823. The van der Waals surface area contributed by atoms with Crippen LogP contribution < -0.4 is 15.3 Å². The van der Waals surface area contributed by atoms with Gasteiger partial charge in [-0.3, -0.25) is 4.98 Å². The first-order valence-electron chi connectivity index (χ1n) is 12.6. The molecule has 9 heteroatoms. The normalized spacial score (nSPS) is 17.0. The summed E-state index contributed by atoms with van der Waals surface area (Å²) in [6.45, 7) is 8.70. The number of carbonyl (C=O) groups is 1. The largest absolute Gasteiger partial charge is 0.489 e. The summed E-state index contributed by atoms with van der Waals surface area (Å²) >= 11 is 0. The van der Waals surface area contributed by atoms with Crippen molar-refractivity contribution in [3.8, 4) is 17.2 Å². The number of ether oxygens (including phenoxy) is 2. The highest BCUT2D eigenvalue weighted by molar-refractivity contribution is 5.78. The average Bonchev–Trinajstić information content (AvgIpc) is 3.38. The highest BCUT2D eigenvalue weighted by atomic mass is 16.6. The van der Waals surface area contributed by atoms with Crippen LogP contribution >= 0.6 is 0 Å². The first-order chi connectivity index (χ1) is 17.3. The maximum absolute atomic E-state index is 12.6. The number of nitrogens with zero attached hydrogens (tertiary/aromatic N) is 4. The Morgan fingerprint density at radius 1 is 1.08 bits per heavy atom. The third kappa shape index (κ3) is 5.29. The predicted molar refractivity (Wildman–Crippen MR) is 136 cm³/mol. The Morgan fingerprint density at radius 2 is 1.83 bits per heavy atom. The molecule has 3 aromatic rings. The molecule has 0 unspecified atom stereocenters. The second-order valence-corrected chi connectivity index (χ2v) is 10.4. The second kappa shape index (κ2) is 9.79. The summed E-state index contributed by atoms with van der Waals surface area (Å²) in [7, 11) is 0. The molecular formula is C27H32N4O5. The zero-order chi connectivity index (χ0) is 25.3. The highest BCUT2D eigenvalue weighted by Crippen LogP contribution is 2.36. The molecular weight excluding hydrogens is 460 g/mol. The number of benzene rings is 1. The molecule has 1 amide bonds. The van der Waals surface area contributed by atoms with Crippen LogP contribution in [0.3, 0.4) is 0 Å². The van der Waals surface area contributed by atoms with Crippen LogP contribution in [0.15, 0.2) is 45.9 Å². The molecule has 0 bridgehead atoms. The van der Waals surface area contributed by atoms with Crippen molar-refractivity contribution < 1.29 is 18.7 Å². The van der Waals surface area contributed by atoms with Gasteiger partial charge in [0.2, 0.25) is 5.89 Å². The standard InChI is InChI=1S/C27H32N4O5/c1-27(2,3)36-26(33)31-14-9-19(10-15-31)34-23-16-18(30-12-4-5-13-30)6-7-21(23)24-29-22-17-28-11-8-20(22)25(32)35-24/h6-8,11,16-17,19H,4-5,9-10,12-15H2,1-3H3. The van der Waals surface area contributed by atoms with E-state index >= 15 is 0 Å². The fourth-order valence-corrected chi connectivity index (χ4v) is 4.66. The Labute approximate surface area is 210 Å². The SMILES string of the molecule is CC(C)(C)OC(=O)N1CCC(Oc2cc(N3CCCC3)ccc2-c2nc3cnccc3c(=O)o2)CC1.